The molecule has 2 heterocycles. The molecular formula is C17H26IN5. The van der Waals surface area contributed by atoms with Crippen molar-refractivity contribution in [1.29, 1.82) is 0 Å². The monoisotopic (exact) mass is 427 g/mol. The average Bonchev–Trinajstić information content (AvgIpc) is 3.19. The Balaban J connectivity index is 0.00000192. The number of halogens is 1. The molecule has 1 aliphatic heterocycles. The van der Waals surface area contributed by atoms with Crippen LogP contribution in [0.25, 0.3) is 11.0 Å². The number of nitrogens with zero attached hydrogens (tertiary/aromatic N) is 3. The smallest absolute Gasteiger partial charge is 0.193 e. The molecule has 0 saturated carbocycles. The number of aromatic amines is 1. The van der Waals surface area contributed by atoms with Crippen LogP contribution in [0.15, 0.2) is 29.3 Å². The maximum atomic E-state index is 4.75. The molecule has 1 aliphatic rings. The Kier molecular flexibility index (Phi) is 7.14. The van der Waals surface area contributed by atoms with E-state index in [1.807, 2.05) is 18.2 Å². The number of nitrogens with one attached hydrogen (secondary N) is 2. The number of rotatable bonds is 5. The third-order valence-corrected chi connectivity index (χ3v) is 4.01. The Hall–Kier alpha value is -1.31. The van der Waals surface area contributed by atoms with Crippen molar-refractivity contribution in [2.45, 2.75) is 32.6 Å². The van der Waals surface area contributed by atoms with Gasteiger partial charge < -0.3 is 15.2 Å². The van der Waals surface area contributed by atoms with E-state index in [1.165, 1.54) is 12.8 Å². The summed E-state index contributed by atoms with van der Waals surface area (Å²) in [5.74, 6) is 2.13. The molecule has 126 valence electrons. The molecule has 3 rings (SSSR count). The SMILES string of the molecule is CCNC(=NCCCc1nc2ccccc2[nH]1)N1CCCC1.I. The maximum absolute atomic E-state index is 4.75. The molecule has 0 amide bonds. The van der Waals surface area contributed by atoms with Gasteiger partial charge in [-0.3, -0.25) is 4.99 Å². The van der Waals surface area contributed by atoms with Gasteiger partial charge in [-0.2, -0.15) is 0 Å². The molecule has 1 saturated heterocycles. The van der Waals surface area contributed by atoms with E-state index in [4.69, 9.17) is 4.99 Å². The van der Waals surface area contributed by atoms with Crippen molar-refractivity contribution in [2.24, 2.45) is 4.99 Å². The average molecular weight is 427 g/mol. The summed E-state index contributed by atoms with van der Waals surface area (Å²) in [5.41, 5.74) is 2.16. The first-order chi connectivity index (χ1) is 10.9. The van der Waals surface area contributed by atoms with E-state index < -0.39 is 0 Å². The van der Waals surface area contributed by atoms with Crippen LogP contribution in [0, 0.1) is 0 Å². The Morgan fingerprint density at radius 3 is 2.83 bits per heavy atom. The minimum Gasteiger partial charge on any atom is -0.357 e. The van der Waals surface area contributed by atoms with Crippen LogP contribution >= 0.6 is 24.0 Å². The van der Waals surface area contributed by atoms with E-state index >= 15 is 0 Å². The molecule has 0 atom stereocenters. The van der Waals surface area contributed by atoms with Crippen molar-refractivity contribution in [3.8, 4) is 0 Å². The first-order valence-electron chi connectivity index (χ1n) is 8.33. The van der Waals surface area contributed by atoms with E-state index in [0.717, 1.165) is 61.8 Å². The maximum Gasteiger partial charge on any atom is 0.193 e. The number of hydrogen-bond acceptors (Lipinski definition) is 2. The lowest BCUT2D eigenvalue weighted by molar-refractivity contribution is 0.493. The van der Waals surface area contributed by atoms with E-state index in [1.54, 1.807) is 0 Å². The number of aliphatic imine (C=N–C) groups is 1. The van der Waals surface area contributed by atoms with Crippen LogP contribution in [0.4, 0.5) is 0 Å². The van der Waals surface area contributed by atoms with Crippen molar-refractivity contribution >= 4 is 41.0 Å². The number of imidazole rings is 1. The highest BCUT2D eigenvalue weighted by molar-refractivity contribution is 14.0. The largest absolute Gasteiger partial charge is 0.357 e. The second-order valence-electron chi connectivity index (χ2n) is 5.73. The van der Waals surface area contributed by atoms with E-state index in [9.17, 15) is 0 Å². The lowest BCUT2D eigenvalue weighted by Gasteiger charge is -2.20. The fraction of sp³-hybridized carbons (Fsp3) is 0.529. The van der Waals surface area contributed by atoms with Crippen LogP contribution in [-0.4, -0.2) is 47.0 Å². The third-order valence-electron chi connectivity index (χ3n) is 4.01. The fourth-order valence-electron chi connectivity index (χ4n) is 2.91. The Labute approximate surface area is 155 Å². The first kappa shape index (κ1) is 18.0. The van der Waals surface area contributed by atoms with Gasteiger partial charge in [-0.25, -0.2) is 4.98 Å². The van der Waals surface area contributed by atoms with E-state index in [2.05, 4.69) is 33.2 Å². The predicted octanol–water partition coefficient (Wildman–Crippen LogP) is 3.17. The molecule has 6 heteroatoms. The zero-order valence-electron chi connectivity index (χ0n) is 13.7. The predicted molar refractivity (Wildman–Crippen MR) is 107 cm³/mol. The standard InChI is InChI=1S/C17H25N5.HI/c1-2-18-17(22-12-5-6-13-22)19-11-7-10-16-20-14-8-3-4-9-15(14)21-16;/h3-4,8-9H,2,5-7,10-13H2,1H3,(H,18,19)(H,20,21);1H. The van der Waals surface area contributed by atoms with Gasteiger partial charge in [-0.15, -0.1) is 24.0 Å². The molecule has 1 aromatic heterocycles. The van der Waals surface area contributed by atoms with Gasteiger partial charge in [0.05, 0.1) is 11.0 Å². The highest BCUT2D eigenvalue weighted by Gasteiger charge is 2.15. The van der Waals surface area contributed by atoms with Gasteiger partial charge in [0, 0.05) is 32.6 Å². The van der Waals surface area contributed by atoms with Crippen molar-refractivity contribution in [3.63, 3.8) is 0 Å². The normalized spacial score (nSPS) is 15.0. The molecular weight excluding hydrogens is 401 g/mol. The van der Waals surface area contributed by atoms with Crippen LogP contribution in [-0.2, 0) is 6.42 Å². The molecule has 0 bridgehead atoms. The Morgan fingerprint density at radius 2 is 2.09 bits per heavy atom. The molecule has 0 unspecified atom stereocenters. The van der Waals surface area contributed by atoms with Crippen LogP contribution in [0.2, 0.25) is 0 Å². The molecule has 0 spiro atoms. The number of aromatic nitrogens is 2. The Morgan fingerprint density at radius 1 is 1.30 bits per heavy atom. The molecule has 5 nitrogen and oxygen atoms in total. The highest BCUT2D eigenvalue weighted by Crippen LogP contribution is 2.11. The van der Waals surface area contributed by atoms with Gasteiger partial charge in [0.1, 0.15) is 5.82 Å². The molecule has 2 N–H and O–H groups in total. The number of likely N-dealkylation sites (tertiary alicyclic amines) is 1. The van der Waals surface area contributed by atoms with Crippen LogP contribution in [0.3, 0.4) is 0 Å². The number of hydrogen-bond donors (Lipinski definition) is 2. The van der Waals surface area contributed by atoms with Crippen molar-refractivity contribution in [2.75, 3.05) is 26.2 Å². The van der Waals surface area contributed by atoms with Crippen LogP contribution < -0.4 is 5.32 Å². The van der Waals surface area contributed by atoms with Gasteiger partial charge in [-0.1, -0.05) is 12.1 Å². The molecule has 1 aromatic carbocycles. The lowest BCUT2D eigenvalue weighted by atomic mass is 10.3. The summed E-state index contributed by atoms with van der Waals surface area (Å²) in [5, 5.41) is 3.40. The van der Waals surface area contributed by atoms with Crippen LogP contribution in [0.1, 0.15) is 32.0 Å². The van der Waals surface area contributed by atoms with Gasteiger partial charge in [0.15, 0.2) is 5.96 Å². The fourth-order valence-corrected chi connectivity index (χ4v) is 2.91. The van der Waals surface area contributed by atoms with Crippen molar-refractivity contribution in [1.82, 2.24) is 20.2 Å². The van der Waals surface area contributed by atoms with E-state index in [0.29, 0.717) is 0 Å². The van der Waals surface area contributed by atoms with E-state index in [-0.39, 0.29) is 24.0 Å². The molecule has 0 aliphatic carbocycles. The van der Waals surface area contributed by atoms with Crippen molar-refractivity contribution in [3.05, 3.63) is 30.1 Å². The number of H-pyrrole nitrogens is 1. The number of benzene rings is 1. The zero-order chi connectivity index (χ0) is 15.2. The summed E-state index contributed by atoms with van der Waals surface area (Å²) in [6.07, 6.45) is 4.52. The van der Waals surface area contributed by atoms with Gasteiger partial charge >= 0.3 is 0 Å². The van der Waals surface area contributed by atoms with Gasteiger partial charge in [0.25, 0.3) is 0 Å². The summed E-state index contributed by atoms with van der Waals surface area (Å²) < 4.78 is 0. The molecule has 23 heavy (non-hydrogen) atoms. The van der Waals surface area contributed by atoms with Crippen LogP contribution in [0.5, 0.6) is 0 Å². The summed E-state index contributed by atoms with van der Waals surface area (Å²) in [6.45, 7) is 6.17. The Bertz CT molecular complexity index is 598. The zero-order valence-corrected chi connectivity index (χ0v) is 16.0. The van der Waals surface area contributed by atoms with Crippen molar-refractivity contribution < 1.29 is 0 Å². The second kappa shape index (κ2) is 9.10. The first-order valence-corrected chi connectivity index (χ1v) is 8.33. The summed E-state index contributed by atoms with van der Waals surface area (Å²) in [4.78, 5) is 15.1. The topological polar surface area (TPSA) is 56.3 Å². The quantitative estimate of drug-likeness (QED) is 0.334. The van der Waals surface area contributed by atoms with Gasteiger partial charge in [-0.05, 0) is 38.3 Å². The summed E-state index contributed by atoms with van der Waals surface area (Å²) in [7, 11) is 0. The summed E-state index contributed by atoms with van der Waals surface area (Å²) in [6, 6.07) is 8.17. The number of para-hydroxylation sites is 2. The molecule has 2 aromatic rings. The molecule has 1 fully saturated rings. The minimum absolute atomic E-state index is 0. The minimum atomic E-state index is 0. The second-order valence-corrected chi connectivity index (χ2v) is 5.73. The lowest BCUT2D eigenvalue weighted by Crippen LogP contribution is -2.39. The highest BCUT2D eigenvalue weighted by atomic mass is 127. The molecule has 0 radical (unpaired) electrons. The third kappa shape index (κ3) is 4.83. The number of aryl methyl sites for hydroxylation is 1. The number of fused-ring (bicyclic) bond motifs is 1. The van der Waals surface area contributed by atoms with Gasteiger partial charge in [0.2, 0.25) is 0 Å². The number of guanidine groups is 1. The summed E-state index contributed by atoms with van der Waals surface area (Å²) >= 11 is 0.